The molecule has 0 saturated carbocycles. The third kappa shape index (κ3) is 4.61. The number of hydrogen-bond donors (Lipinski definition) is 1. The summed E-state index contributed by atoms with van der Waals surface area (Å²) in [6.45, 7) is 0.787. The summed E-state index contributed by atoms with van der Waals surface area (Å²) in [5.41, 5.74) is 2.46. The molecule has 0 aliphatic heterocycles. The lowest BCUT2D eigenvalue weighted by Crippen LogP contribution is -2.34. The molecule has 0 bridgehead atoms. The molecule has 2 aromatic carbocycles. The van der Waals surface area contributed by atoms with E-state index in [4.69, 9.17) is 0 Å². The third-order valence-corrected chi connectivity index (χ3v) is 7.53. The Labute approximate surface area is 194 Å². The van der Waals surface area contributed by atoms with Crippen LogP contribution in [-0.4, -0.2) is 15.6 Å². The maximum absolute atomic E-state index is 13.9. The second-order valence-corrected chi connectivity index (χ2v) is 9.62. The van der Waals surface area contributed by atoms with Crippen LogP contribution in [0.4, 0.5) is 8.78 Å². The molecule has 4 nitrogen and oxygen atoms in total. The standard InChI is InChI=1S/C26H25F2N3OS/c27-21-9-4-10-22(28)20(21)15-29-18-11-12-19-23(14-18)33-25-24(19)26(32)31(16-30-25)13-5-8-17-6-2-1-3-7-17/h1-4,6-7,9-10,16,18,29H,5,8,11-15H2/t18-/m1/s1. The number of rotatable bonds is 7. The van der Waals surface area contributed by atoms with Crippen molar-refractivity contribution in [3.8, 4) is 0 Å². The van der Waals surface area contributed by atoms with Gasteiger partial charge in [-0.1, -0.05) is 36.4 Å². The molecule has 170 valence electrons. The van der Waals surface area contributed by atoms with Crippen molar-refractivity contribution in [3.63, 3.8) is 0 Å². The van der Waals surface area contributed by atoms with Crippen LogP contribution in [0, 0.1) is 11.6 Å². The minimum Gasteiger partial charge on any atom is -0.309 e. The van der Waals surface area contributed by atoms with E-state index in [2.05, 4.69) is 22.4 Å². The molecule has 0 radical (unpaired) electrons. The molecule has 1 N–H and O–H groups in total. The van der Waals surface area contributed by atoms with Crippen molar-refractivity contribution in [1.29, 1.82) is 0 Å². The van der Waals surface area contributed by atoms with Gasteiger partial charge in [0.2, 0.25) is 0 Å². The zero-order valence-electron chi connectivity index (χ0n) is 18.2. The van der Waals surface area contributed by atoms with Gasteiger partial charge in [-0.2, -0.15) is 0 Å². The smallest absolute Gasteiger partial charge is 0.262 e. The number of aryl methyl sites for hydroxylation is 3. The van der Waals surface area contributed by atoms with E-state index in [-0.39, 0.29) is 23.7 Å². The van der Waals surface area contributed by atoms with Crippen molar-refractivity contribution < 1.29 is 8.78 Å². The Balaban J connectivity index is 1.29. The van der Waals surface area contributed by atoms with Gasteiger partial charge in [-0.15, -0.1) is 11.3 Å². The summed E-state index contributed by atoms with van der Waals surface area (Å²) in [6.07, 6.45) is 5.77. The second-order valence-electron chi connectivity index (χ2n) is 8.54. The third-order valence-electron chi connectivity index (χ3n) is 6.37. The quantitative estimate of drug-likeness (QED) is 0.417. The Morgan fingerprint density at radius 2 is 1.88 bits per heavy atom. The Kier molecular flexibility index (Phi) is 6.33. The monoisotopic (exact) mass is 465 g/mol. The van der Waals surface area contributed by atoms with Crippen molar-refractivity contribution in [2.24, 2.45) is 0 Å². The van der Waals surface area contributed by atoms with Gasteiger partial charge in [-0.3, -0.25) is 9.36 Å². The average molecular weight is 466 g/mol. The summed E-state index contributed by atoms with van der Waals surface area (Å²) in [5.74, 6) is -1.06. The summed E-state index contributed by atoms with van der Waals surface area (Å²) in [5, 5.41) is 4.04. The van der Waals surface area contributed by atoms with E-state index in [0.717, 1.165) is 52.8 Å². The van der Waals surface area contributed by atoms with Crippen LogP contribution in [0.5, 0.6) is 0 Å². The number of aromatic nitrogens is 2. The lowest BCUT2D eigenvalue weighted by Gasteiger charge is -2.23. The number of halogens is 2. The van der Waals surface area contributed by atoms with Crippen LogP contribution < -0.4 is 10.9 Å². The molecule has 5 rings (SSSR count). The van der Waals surface area contributed by atoms with E-state index < -0.39 is 11.6 Å². The molecule has 7 heteroatoms. The van der Waals surface area contributed by atoms with Crippen molar-refractivity contribution >= 4 is 21.6 Å². The number of thiophene rings is 1. The van der Waals surface area contributed by atoms with Gasteiger partial charge in [0.25, 0.3) is 5.56 Å². The molecule has 33 heavy (non-hydrogen) atoms. The topological polar surface area (TPSA) is 46.9 Å². The molecule has 1 aliphatic rings. The van der Waals surface area contributed by atoms with E-state index >= 15 is 0 Å². The fraction of sp³-hybridized carbons (Fsp3) is 0.308. The Morgan fingerprint density at radius 1 is 1.09 bits per heavy atom. The minimum absolute atomic E-state index is 0.0328. The first-order chi connectivity index (χ1) is 16.1. The molecule has 2 aromatic heterocycles. The SMILES string of the molecule is O=c1c2c3c(sc2ncn1CCCc1ccccc1)C[C@H](NCc1c(F)cccc1F)CC3. The Morgan fingerprint density at radius 3 is 2.67 bits per heavy atom. The average Bonchev–Trinajstić information content (AvgIpc) is 3.19. The van der Waals surface area contributed by atoms with Crippen LogP contribution in [0.15, 0.2) is 59.7 Å². The van der Waals surface area contributed by atoms with Crippen LogP contribution in [0.1, 0.15) is 34.4 Å². The van der Waals surface area contributed by atoms with Gasteiger partial charge < -0.3 is 5.32 Å². The van der Waals surface area contributed by atoms with Crippen molar-refractivity contribution in [1.82, 2.24) is 14.9 Å². The summed E-state index contributed by atoms with van der Waals surface area (Å²) in [6, 6.07) is 14.3. The molecule has 2 heterocycles. The van der Waals surface area contributed by atoms with E-state index in [1.165, 1.54) is 23.8 Å². The largest absolute Gasteiger partial charge is 0.309 e. The first-order valence-corrected chi connectivity index (χ1v) is 12.1. The van der Waals surface area contributed by atoms with Crippen molar-refractivity contribution in [2.75, 3.05) is 0 Å². The Hall–Kier alpha value is -2.90. The predicted octanol–water partition coefficient (Wildman–Crippen LogP) is 5.02. The van der Waals surface area contributed by atoms with Gasteiger partial charge in [0.05, 0.1) is 11.7 Å². The van der Waals surface area contributed by atoms with Crippen LogP contribution in [0.3, 0.4) is 0 Å². The molecular formula is C26H25F2N3OS. The highest BCUT2D eigenvalue weighted by Crippen LogP contribution is 2.33. The van der Waals surface area contributed by atoms with Crippen LogP contribution in [0.25, 0.3) is 10.2 Å². The molecule has 4 aromatic rings. The van der Waals surface area contributed by atoms with Crippen LogP contribution >= 0.6 is 11.3 Å². The van der Waals surface area contributed by atoms with Gasteiger partial charge in [-0.05, 0) is 55.4 Å². The lowest BCUT2D eigenvalue weighted by atomic mass is 9.93. The molecule has 0 saturated heterocycles. The highest BCUT2D eigenvalue weighted by Gasteiger charge is 2.25. The van der Waals surface area contributed by atoms with Crippen molar-refractivity contribution in [3.05, 3.63) is 98.4 Å². The zero-order valence-corrected chi connectivity index (χ0v) is 19.0. The summed E-state index contributed by atoms with van der Waals surface area (Å²) < 4.78 is 29.6. The van der Waals surface area contributed by atoms with E-state index in [1.807, 2.05) is 18.2 Å². The van der Waals surface area contributed by atoms with Crippen molar-refractivity contribution in [2.45, 2.75) is 51.2 Å². The molecule has 0 spiro atoms. The molecule has 1 aliphatic carbocycles. The van der Waals surface area contributed by atoms with E-state index in [9.17, 15) is 13.6 Å². The van der Waals surface area contributed by atoms with E-state index in [0.29, 0.717) is 6.54 Å². The van der Waals surface area contributed by atoms with E-state index in [1.54, 1.807) is 22.2 Å². The molecule has 0 fully saturated rings. The highest BCUT2D eigenvalue weighted by molar-refractivity contribution is 7.18. The van der Waals surface area contributed by atoms with Gasteiger partial charge in [0.1, 0.15) is 16.5 Å². The fourth-order valence-electron chi connectivity index (χ4n) is 4.58. The second kappa shape index (κ2) is 9.53. The lowest BCUT2D eigenvalue weighted by molar-refractivity contribution is 0.445. The Bertz CT molecular complexity index is 1310. The minimum atomic E-state index is -0.530. The first-order valence-electron chi connectivity index (χ1n) is 11.3. The molecule has 0 amide bonds. The summed E-state index contributed by atoms with van der Waals surface area (Å²) in [7, 11) is 0. The normalized spacial score (nSPS) is 15.6. The molecule has 0 unspecified atom stereocenters. The summed E-state index contributed by atoms with van der Waals surface area (Å²) >= 11 is 1.56. The van der Waals surface area contributed by atoms with Crippen LogP contribution in [-0.2, 0) is 32.4 Å². The van der Waals surface area contributed by atoms with Gasteiger partial charge >= 0.3 is 0 Å². The van der Waals surface area contributed by atoms with Gasteiger partial charge in [0.15, 0.2) is 0 Å². The molecular weight excluding hydrogens is 440 g/mol. The zero-order chi connectivity index (χ0) is 22.8. The molecule has 1 atom stereocenters. The van der Waals surface area contributed by atoms with Gasteiger partial charge in [-0.25, -0.2) is 13.8 Å². The number of hydrogen-bond acceptors (Lipinski definition) is 4. The fourth-order valence-corrected chi connectivity index (χ4v) is 5.84. The highest BCUT2D eigenvalue weighted by atomic mass is 32.1. The maximum Gasteiger partial charge on any atom is 0.262 e. The predicted molar refractivity (Wildman–Crippen MR) is 128 cm³/mol. The number of benzene rings is 2. The first kappa shape index (κ1) is 21.9. The number of nitrogens with one attached hydrogen (secondary N) is 1. The number of nitrogens with zero attached hydrogens (tertiary/aromatic N) is 2. The number of fused-ring (bicyclic) bond motifs is 3. The maximum atomic E-state index is 13.9. The van der Waals surface area contributed by atoms with Gasteiger partial charge in [0, 0.05) is 29.6 Å². The summed E-state index contributed by atoms with van der Waals surface area (Å²) in [4.78, 5) is 19.7. The van der Waals surface area contributed by atoms with Crippen LogP contribution in [0.2, 0.25) is 0 Å².